The Bertz CT molecular complexity index is 3490. The monoisotopic (exact) mass is 750 g/mol. The summed E-state index contributed by atoms with van der Waals surface area (Å²) < 4.78 is 0. The Morgan fingerprint density at radius 3 is 1.54 bits per heavy atom. The first-order valence-electron chi connectivity index (χ1n) is 20.5. The molecule has 12 rings (SSSR count). The number of aromatic nitrogens is 2. The van der Waals surface area contributed by atoms with E-state index in [0.717, 1.165) is 33.5 Å². The Morgan fingerprint density at radius 2 is 0.831 bits per heavy atom. The van der Waals surface area contributed by atoms with E-state index in [0.29, 0.717) is 5.82 Å². The van der Waals surface area contributed by atoms with Gasteiger partial charge in [0.2, 0.25) is 0 Å². The van der Waals surface area contributed by atoms with E-state index in [2.05, 4.69) is 208 Å². The number of benzene rings is 10. The van der Waals surface area contributed by atoms with Crippen LogP contribution in [0.4, 0.5) is 0 Å². The molecule has 59 heavy (non-hydrogen) atoms. The summed E-state index contributed by atoms with van der Waals surface area (Å²) in [5.74, 6) is 0.713. The number of hydrogen-bond acceptors (Lipinski definition) is 2. The van der Waals surface area contributed by atoms with Gasteiger partial charge in [-0.15, -0.1) is 0 Å². The Hall–Kier alpha value is -7.42. The number of fused-ring (bicyclic) bond motifs is 12. The Labute approximate surface area is 343 Å². The standard InChI is InChI=1S/C57H38N2/c1-57(2)52-33-37(25-28-48(52)49-29-24-35-14-6-7-17-40(35)55(49)57)39-30-31-50(45-22-12-8-18-41(39)45)56-58-53(36-15-4-3-5-16-36)34-54(59-56)38-26-27-47-44-21-10-9-19-42(44)43-20-11-13-23-46(43)51(47)32-38/h3-34H,1-2H3. The minimum absolute atomic E-state index is 0.137. The summed E-state index contributed by atoms with van der Waals surface area (Å²) in [7, 11) is 0. The molecular weight excluding hydrogens is 713 g/mol. The molecule has 0 saturated heterocycles. The second-order valence-corrected chi connectivity index (χ2v) is 16.5. The summed E-state index contributed by atoms with van der Waals surface area (Å²) in [5, 5.41) is 12.5. The van der Waals surface area contributed by atoms with E-state index in [1.165, 1.54) is 81.9 Å². The van der Waals surface area contributed by atoms with Crippen LogP contribution in [0.5, 0.6) is 0 Å². The molecule has 1 aliphatic rings. The molecule has 10 aromatic carbocycles. The van der Waals surface area contributed by atoms with Gasteiger partial charge >= 0.3 is 0 Å². The molecule has 11 aromatic rings. The average molecular weight is 751 g/mol. The van der Waals surface area contributed by atoms with Crippen molar-refractivity contribution in [2.24, 2.45) is 0 Å². The van der Waals surface area contributed by atoms with Crippen LogP contribution in [0.1, 0.15) is 25.0 Å². The van der Waals surface area contributed by atoms with Crippen molar-refractivity contribution in [2.75, 3.05) is 0 Å². The third kappa shape index (κ3) is 5.13. The lowest BCUT2D eigenvalue weighted by atomic mass is 9.79. The lowest BCUT2D eigenvalue weighted by Gasteiger charge is -2.24. The van der Waals surface area contributed by atoms with Gasteiger partial charge in [-0.25, -0.2) is 9.97 Å². The van der Waals surface area contributed by atoms with Gasteiger partial charge in [-0.05, 0) is 112 Å². The average Bonchev–Trinajstić information content (AvgIpc) is 3.54. The molecule has 0 saturated carbocycles. The van der Waals surface area contributed by atoms with E-state index in [4.69, 9.17) is 9.97 Å². The molecule has 1 aliphatic carbocycles. The molecule has 0 atom stereocenters. The van der Waals surface area contributed by atoms with E-state index in [9.17, 15) is 0 Å². The topological polar surface area (TPSA) is 25.8 Å². The maximum Gasteiger partial charge on any atom is 0.161 e. The maximum atomic E-state index is 5.40. The van der Waals surface area contributed by atoms with E-state index >= 15 is 0 Å². The fourth-order valence-corrected chi connectivity index (χ4v) is 10.1. The molecule has 1 heterocycles. The first-order chi connectivity index (χ1) is 29.0. The number of nitrogens with zero attached hydrogens (tertiary/aromatic N) is 2. The summed E-state index contributed by atoms with van der Waals surface area (Å²) in [6.07, 6.45) is 0. The lowest BCUT2D eigenvalue weighted by molar-refractivity contribution is 0.666. The van der Waals surface area contributed by atoms with Crippen LogP contribution in [-0.4, -0.2) is 9.97 Å². The fourth-order valence-electron chi connectivity index (χ4n) is 10.1. The number of rotatable bonds is 4. The van der Waals surface area contributed by atoms with Crippen LogP contribution in [0, 0.1) is 0 Å². The van der Waals surface area contributed by atoms with Crippen molar-refractivity contribution in [3.63, 3.8) is 0 Å². The SMILES string of the molecule is CC1(C)c2cc(-c3ccc(-c4nc(-c5ccccc5)cc(-c5ccc6c7ccccc7c7ccccc7c6c5)n4)c4ccccc34)ccc2-c2ccc3ccccc3c21. The van der Waals surface area contributed by atoms with Crippen LogP contribution >= 0.6 is 0 Å². The first kappa shape index (κ1) is 33.7. The zero-order valence-electron chi connectivity index (χ0n) is 32.9. The zero-order chi connectivity index (χ0) is 39.2. The van der Waals surface area contributed by atoms with Crippen molar-refractivity contribution < 1.29 is 0 Å². The molecule has 0 aliphatic heterocycles. The highest BCUT2D eigenvalue weighted by Crippen LogP contribution is 2.52. The minimum atomic E-state index is -0.137. The molecular formula is C57H38N2. The molecule has 276 valence electrons. The fraction of sp³-hybridized carbons (Fsp3) is 0.0526. The molecule has 2 nitrogen and oxygen atoms in total. The molecule has 0 fully saturated rings. The normalized spacial score (nSPS) is 13.1. The van der Waals surface area contributed by atoms with E-state index in [1.807, 2.05) is 0 Å². The van der Waals surface area contributed by atoms with Crippen molar-refractivity contribution >= 4 is 53.9 Å². The molecule has 0 spiro atoms. The largest absolute Gasteiger partial charge is 0.228 e. The minimum Gasteiger partial charge on any atom is -0.228 e. The van der Waals surface area contributed by atoms with Crippen molar-refractivity contribution in [2.45, 2.75) is 19.3 Å². The molecule has 0 bridgehead atoms. The Balaban J connectivity index is 1.03. The van der Waals surface area contributed by atoms with Gasteiger partial charge in [-0.2, -0.15) is 0 Å². The first-order valence-corrected chi connectivity index (χ1v) is 20.5. The van der Waals surface area contributed by atoms with E-state index < -0.39 is 0 Å². The number of hydrogen-bond donors (Lipinski definition) is 0. The van der Waals surface area contributed by atoms with Crippen molar-refractivity contribution in [3.05, 3.63) is 205 Å². The second-order valence-electron chi connectivity index (χ2n) is 16.5. The Morgan fingerprint density at radius 1 is 0.322 bits per heavy atom. The van der Waals surface area contributed by atoms with Crippen molar-refractivity contribution in [1.82, 2.24) is 9.97 Å². The summed E-state index contributed by atoms with van der Waals surface area (Å²) in [6, 6.07) is 70.6. The van der Waals surface area contributed by atoms with Crippen molar-refractivity contribution in [3.8, 4) is 56.2 Å². The van der Waals surface area contributed by atoms with E-state index in [-0.39, 0.29) is 5.41 Å². The van der Waals surface area contributed by atoms with Gasteiger partial charge in [0.05, 0.1) is 11.4 Å². The second kappa shape index (κ2) is 12.8. The van der Waals surface area contributed by atoms with Gasteiger partial charge in [0.15, 0.2) is 5.82 Å². The van der Waals surface area contributed by atoms with Gasteiger partial charge in [-0.3, -0.25) is 0 Å². The van der Waals surface area contributed by atoms with E-state index in [1.54, 1.807) is 0 Å². The quantitative estimate of drug-likeness (QED) is 0.167. The molecule has 2 heteroatoms. The molecule has 0 amide bonds. The van der Waals surface area contributed by atoms with Gasteiger partial charge < -0.3 is 0 Å². The van der Waals surface area contributed by atoms with Gasteiger partial charge in [-0.1, -0.05) is 184 Å². The third-order valence-corrected chi connectivity index (χ3v) is 12.8. The lowest BCUT2D eigenvalue weighted by Crippen LogP contribution is -2.15. The van der Waals surface area contributed by atoms with Gasteiger partial charge in [0.25, 0.3) is 0 Å². The summed E-state index contributed by atoms with van der Waals surface area (Å²) >= 11 is 0. The molecule has 1 aromatic heterocycles. The summed E-state index contributed by atoms with van der Waals surface area (Å²) in [6.45, 7) is 4.76. The smallest absolute Gasteiger partial charge is 0.161 e. The maximum absolute atomic E-state index is 5.40. The van der Waals surface area contributed by atoms with Gasteiger partial charge in [0, 0.05) is 22.1 Å². The van der Waals surface area contributed by atoms with Crippen molar-refractivity contribution in [1.29, 1.82) is 0 Å². The highest BCUT2D eigenvalue weighted by molar-refractivity contribution is 6.25. The highest BCUT2D eigenvalue weighted by Gasteiger charge is 2.37. The summed E-state index contributed by atoms with van der Waals surface area (Å²) in [4.78, 5) is 10.7. The van der Waals surface area contributed by atoms with Crippen LogP contribution in [0.25, 0.3) is 110 Å². The predicted molar refractivity (Wildman–Crippen MR) is 249 cm³/mol. The third-order valence-electron chi connectivity index (χ3n) is 12.8. The molecule has 0 unspecified atom stereocenters. The summed E-state index contributed by atoms with van der Waals surface area (Å²) in [5.41, 5.74) is 12.7. The van der Waals surface area contributed by atoms with Crippen LogP contribution < -0.4 is 0 Å². The van der Waals surface area contributed by atoms with Crippen LogP contribution in [0.15, 0.2) is 194 Å². The Kier molecular flexibility index (Phi) is 7.31. The van der Waals surface area contributed by atoms with Crippen LogP contribution in [0.2, 0.25) is 0 Å². The van der Waals surface area contributed by atoms with Crippen LogP contribution in [0.3, 0.4) is 0 Å². The zero-order valence-corrected chi connectivity index (χ0v) is 32.9. The van der Waals surface area contributed by atoms with Crippen LogP contribution in [-0.2, 0) is 5.41 Å². The molecule has 0 radical (unpaired) electrons. The highest BCUT2D eigenvalue weighted by atomic mass is 14.9. The van der Waals surface area contributed by atoms with Gasteiger partial charge in [0.1, 0.15) is 0 Å². The molecule has 0 N–H and O–H groups in total. The predicted octanol–water partition coefficient (Wildman–Crippen LogP) is 15.2.